The third kappa shape index (κ3) is 3.75. The zero-order chi connectivity index (χ0) is 16.2. The SMILES string of the molecule is COC(=O)C(=COS(=O)(=O)c1ccc(C)cc1)c1cccs1. The zero-order valence-corrected chi connectivity index (χ0v) is 13.6. The molecular formula is C15H14O5S2. The lowest BCUT2D eigenvalue weighted by atomic mass is 10.2. The molecule has 0 unspecified atom stereocenters. The van der Waals surface area contributed by atoms with Crippen LogP contribution in [0.3, 0.4) is 0 Å². The van der Waals surface area contributed by atoms with Gasteiger partial charge in [-0.15, -0.1) is 11.3 Å². The molecule has 7 heteroatoms. The van der Waals surface area contributed by atoms with Crippen molar-refractivity contribution in [3.63, 3.8) is 0 Å². The normalized spacial score (nSPS) is 12.0. The lowest BCUT2D eigenvalue weighted by Crippen LogP contribution is -2.07. The maximum absolute atomic E-state index is 12.1. The smallest absolute Gasteiger partial charge is 0.342 e. The highest BCUT2D eigenvalue weighted by atomic mass is 32.2. The van der Waals surface area contributed by atoms with E-state index in [1.807, 2.05) is 6.92 Å². The number of hydrogen-bond donors (Lipinski definition) is 0. The van der Waals surface area contributed by atoms with Gasteiger partial charge in [-0.2, -0.15) is 8.42 Å². The summed E-state index contributed by atoms with van der Waals surface area (Å²) in [5.41, 5.74) is 0.983. The van der Waals surface area contributed by atoms with Crippen LogP contribution in [0.1, 0.15) is 10.4 Å². The number of methoxy groups -OCH3 is 1. The summed E-state index contributed by atoms with van der Waals surface area (Å²) in [6, 6.07) is 9.64. The second-order valence-corrected chi connectivity index (χ2v) is 6.88. The van der Waals surface area contributed by atoms with Crippen LogP contribution >= 0.6 is 11.3 Å². The van der Waals surface area contributed by atoms with Gasteiger partial charge in [-0.25, -0.2) is 4.79 Å². The molecule has 1 aromatic carbocycles. The average molecular weight is 338 g/mol. The number of aryl methyl sites for hydroxylation is 1. The van der Waals surface area contributed by atoms with Crippen molar-refractivity contribution in [2.24, 2.45) is 0 Å². The summed E-state index contributed by atoms with van der Waals surface area (Å²) in [5.74, 6) is -0.665. The molecule has 0 aliphatic heterocycles. The second kappa shape index (κ2) is 6.76. The molecule has 1 aromatic heterocycles. The fourth-order valence-electron chi connectivity index (χ4n) is 1.62. The molecule has 0 amide bonds. The third-order valence-corrected chi connectivity index (χ3v) is 4.90. The molecule has 0 radical (unpaired) electrons. The predicted octanol–water partition coefficient (Wildman–Crippen LogP) is 2.98. The van der Waals surface area contributed by atoms with Gasteiger partial charge in [0.05, 0.1) is 7.11 Å². The third-order valence-electron chi connectivity index (χ3n) is 2.79. The minimum Gasteiger partial charge on any atom is -0.465 e. The fourth-order valence-corrected chi connectivity index (χ4v) is 3.14. The largest absolute Gasteiger partial charge is 0.465 e. The summed E-state index contributed by atoms with van der Waals surface area (Å²) >= 11 is 1.28. The molecule has 0 fully saturated rings. The van der Waals surface area contributed by atoms with E-state index in [4.69, 9.17) is 4.18 Å². The molecule has 5 nitrogen and oxygen atoms in total. The van der Waals surface area contributed by atoms with Crippen molar-refractivity contribution in [1.29, 1.82) is 0 Å². The zero-order valence-electron chi connectivity index (χ0n) is 12.0. The van der Waals surface area contributed by atoms with Crippen molar-refractivity contribution in [2.45, 2.75) is 11.8 Å². The summed E-state index contributed by atoms with van der Waals surface area (Å²) in [6.07, 6.45) is 0.910. The summed E-state index contributed by atoms with van der Waals surface area (Å²) in [7, 11) is -2.76. The molecular weight excluding hydrogens is 324 g/mol. The van der Waals surface area contributed by atoms with Crippen LogP contribution in [0.5, 0.6) is 0 Å². The van der Waals surface area contributed by atoms with Gasteiger partial charge in [-0.3, -0.25) is 0 Å². The van der Waals surface area contributed by atoms with Crippen molar-refractivity contribution in [1.82, 2.24) is 0 Å². The van der Waals surface area contributed by atoms with E-state index in [9.17, 15) is 13.2 Å². The molecule has 0 atom stereocenters. The Kier molecular flexibility index (Phi) is 4.99. The maximum Gasteiger partial charge on any atom is 0.342 e. The highest BCUT2D eigenvalue weighted by Crippen LogP contribution is 2.23. The van der Waals surface area contributed by atoms with Crippen LogP contribution in [0.4, 0.5) is 0 Å². The van der Waals surface area contributed by atoms with Gasteiger partial charge in [0.25, 0.3) is 0 Å². The minimum atomic E-state index is -3.98. The van der Waals surface area contributed by atoms with Gasteiger partial charge in [0.2, 0.25) is 0 Å². The number of esters is 1. The maximum atomic E-state index is 12.1. The lowest BCUT2D eigenvalue weighted by molar-refractivity contribution is -0.133. The molecule has 0 saturated carbocycles. The summed E-state index contributed by atoms with van der Waals surface area (Å²) in [4.78, 5) is 12.3. The average Bonchev–Trinajstić information content (AvgIpc) is 3.01. The number of thiophene rings is 1. The Hall–Kier alpha value is -2.12. The first-order valence-electron chi connectivity index (χ1n) is 6.26. The predicted molar refractivity (Wildman–Crippen MR) is 83.8 cm³/mol. The quantitative estimate of drug-likeness (QED) is 0.363. The van der Waals surface area contributed by atoms with Gasteiger partial charge in [0.15, 0.2) is 0 Å². The Morgan fingerprint density at radius 1 is 1.18 bits per heavy atom. The van der Waals surface area contributed by atoms with Gasteiger partial charge in [-0.05, 0) is 30.5 Å². The van der Waals surface area contributed by atoms with E-state index in [1.165, 1.54) is 30.6 Å². The van der Waals surface area contributed by atoms with Crippen LogP contribution in [0, 0.1) is 6.92 Å². The fraction of sp³-hybridized carbons (Fsp3) is 0.133. The Morgan fingerprint density at radius 2 is 1.86 bits per heavy atom. The van der Waals surface area contributed by atoms with E-state index in [0.717, 1.165) is 11.8 Å². The molecule has 0 aliphatic carbocycles. The highest BCUT2D eigenvalue weighted by Gasteiger charge is 2.18. The van der Waals surface area contributed by atoms with Gasteiger partial charge in [0.1, 0.15) is 16.7 Å². The van der Waals surface area contributed by atoms with Crippen LogP contribution in [0.2, 0.25) is 0 Å². The summed E-state index contributed by atoms with van der Waals surface area (Å²) in [6.45, 7) is 1.85. The first-order chi connectivity index (χ1) is 10.4. The first-order valence-corrected chi connectivity index (χ1v) is 8.55. The number of hydrogen-bond acceptors (Lipinski definition) is 6. The van der Waals surface area contributed by atoms with Crippen LogP contribution < -0.4 is 0 Å². The van der Waals surface area contributed by atoms with Crippen LogP contribution in [0.25, 0.3) is 5.57 Å². The van der Waals surface area contributed by atoms with E-state index in [-0.39, 0.29) is 10.5 Å². The number of carbonyl (C=O) groups is 1. The highest BCUT2D eigenvalue weighted by molar-refractivity contribution is 7.86. The topological polar surface area (TPSA) is 69.7 Å². The van der Waals surface area contributed by atoms with Crippen LogP contribution in [-0.2, 0) is 23.8 Å². The van der Waals surface area contributed by atoms with Gasteiger partial charge in [0, 0.05) is 4.88 Å². The van der Waals surface area contributed by atoms with E-state index < -0.39 is 16.1 Å². The first kappa shape index (κ1) is 16.3. The molecule has 0 bridgehead atoms. The number of benzene rings is 1. The van der Waals surface area contributed by atoms with E-state index in [1.54, 1.807) is 29.6 Å². The van der Waals surface area contributed by atoms with Crippen LogP contribution in [-0.4, -0.2) is 21.5 Å². The molecule has 1 heterocycles. The van der Waals surface area contributed by atoms with Gasteiger partial charge < -0.3 is 8.92 Å². The summed E-state index contributed by atoms with van der Waals surface area (Å²) < 4.78 is 33.8. The van der Waals surface area contributed by atoms with Crippen LogP contribution in [0.15, 0.2) is 52.9 Å². The standard InChI is InChI=1S/C15H14O5S2/c1-11-5-7-12(8-6-11)22(17,18)20-10-13(15(16)19-2)14-4-3-9-21-14/h3-10H,1-2H3. The number of carbonyl (C=O) groups excluding carboxylic acids is 1. The van der Waals surface area contributed by atoms with Gasteiger partial charge in [-0.1, -0.05) is 23.8 Å². The van der Waals surface area contributed by atoms with E-state index in [0.29, 0.717) is 4.88 Å². The second-order valence-electron chi connectivity index (χ2n) is 4.36. The van der Waals surface area contributed by atoms with Crippen molar-refractivity contribution < 1.29 is 22.1 Å². The number of rotatable bonds is 5. The molecule has 0 N–H and O–H groups in total. The molecule has 116 valence electrons. The van der Waals surface area contributed by atoms with Crippen molar-refractivity contribution in [2.75, 3.05) is 7.11 Å². The molecule has 0 aliphatic rings. The van der Waals surface area contributed by atoms with Crippen molar-refractivity contribution in [3.05, 3.63) is 58.5 Å². The number of ether oxygens (including phenoxy) is 1. The molecule has 2 rings (SSSR count). The monoisotopic (exact) mass is 338 g/mol. The van der Waals surface area contributed by atoms with E-state index in [2.05, 4.69) is 4.74 Å². The minimum absolute atomic E-state index is 0.0183. The van der Waals surface area contributed by atoms with Crippen molar-refractivity contribution in [3.8, 4) is 0 Å². The lowest BCUT2D eigenvalue weighted by Gasteiger charge is -2.06. The Balaban J connectivity index is 2.30. The Morgan fingerprint density at radius 3 is 2.41 bits per heavy atom. The Labute approximate surface area is 132 Å². The Bertz CT molecular complexity index is 772. The van der Waals surface area contributed by atoms with Crippen molar-refractivity contribution >= 4 is 33.0 Å². The summed E-state index contributed by atoms with van der Waals surface area (Å²) in [5, 5.41) is 1.76. The van der Waals surface area contributed by atoms with E-state index >= 15 is 0 Å². The molecule has 2 aromatic rings. The molecule has 22 heavy (non-hydrogen) atoms. The van der Waals surface area contributed by atoms with Gasteiger partial charge >= 0.3 is 16.1 Å². The molecule has 0 spiro atoms. The molecule has 0 saturated heterocycles.